The van der Waals surface area contributed by atoms with Crippen molar-refractivity contribution in [2.75, 3.05) is 47.5 Å². The van der Waals surface area contributed by atoms with Crippen LogP contribution in [0.3, 0.4) is 0 Å². The number of ether oxygens (including phenoxy) is 2. The Morgan fingerprint density at radius 3 is 1.09 bits per heavy atom. The minimum atomic E-state index is -4.63. The van der Waals surface area contributed by atoms with Gasteiger partial charge in [0.2, 0.25) is 0 Å². The molecular weight excluding hydrogens is 870 g/mol. The van der Waals surface area contributed by atoms with Crippen LogP contribution in [0.15, 0.2) is 12.2 Å². The average Bonchev–Trinajstić information content (AvgIpc) is 3.30. The Hall–Kier alpha value is -1.25. The van der Waals surface area contributed by atoms with Crippen LogP contribution in [0.25, 0.3) is 0 Å². The molecule has 2 unspecified atom stereocenters. The van der Waals surface area contributed by atoms with Gasteiger partial charge in [0.1, 0.15) is 19.8 Å². The quantitative estimate of drug-likeness (QED) is 0.0195. The third-order valence-corrected chi connectivity index (χ3v) is 14.2. The molecule has 0 heterocycles. The van der Waals surface area contributed by atoms with Gasteiger partial charge in [-0.25, -0.2) is 0 Å². The van der Waals surface area contributed by atoms with E-state index in [9.17, 15) is 19.0 Å². The molecule has 404 valence electrons. The summed E-state index contributed by atoms with van der Waals surface area (Å²) in [6, 6.07) is 0. The van der Waals surface area contributed by atoms with Gasteiger partial charge in [0, 0.05) is 12.8 Å². The maximum atomic E-state index is 12.7. The fraction of sp³-hybridized carbons (Fsp3) is 0.931. The van der Waals surface area contributed by atoms with Gasteiger partial charge in [-0.2, -0.15) is 0 Å². The molecule has 9 nitrogen and oxygen atoms in total. The fourth-order valence-corrected chi connectivity index (χ4v) is 9.44. The number of phosphoric acid groups is 1. The van der Waals surface area contributed by atoms with E-state index >= 15 is 0 Å². The molecule has 0 fully saturated rings. The number of likely N-dealkylation sites (N-methyl/N-ethyl adjacent to an activating group) is 1. The molecule has 0 rings (SSSR count). The van der Waals surface area contributed by atoms with Gasteiger partial charge in [0.05, 0.1) is 27.7 Å². The monoisotopic (exact) mass is 984 g/mol. The van der Waals surface area contributed by atoms with Crippen LogP contribution in [0.5, 0.6) is 0 Å². The molecule has 0 aromatic rings. The largest absolute Gasteiger partial charge is 0.756 e. The lowest BCUT2D eigenvalue weighted by Gasteiger charge is -2.28. The molecule has 0 N–H and O–H groups in total. The molecule has 10 heteroatoms. The molecule has 0 bridgehead atoms. The molecule has 0 aromatic heterocycles. The van der Waals surface area contributed by atoms with E-state index in [0.717, 1.165) is 51.4 Å². The predicted octanol–water partition coefficient (Wildman–Crippen LogP) is 17.4. The van der Waals surface area contributed by atoms with Gasteiger partial charge in [-0.3, -0.25) is 14.2 Å². The smallest absolute Gasteiger partial charge is 0.306 e. The number of nitrogens with zero attached hydrogens (tertiary/aromatic N) is 1. The van der Waals surface area contributed by atoms with Gasteiger partial charge in [-0.1, -0.05) is 257 Å². The number of phosphoric ester groups is 1. The Balaban J connectivity index is 3.98. The van der Waals surface area contributed by atoms with E-state index in [2.05, 4.69) is 26.0 Å². The molecule has 68 heavy (non-hydrogen) atoms. The highest BCUT2D eigenvalue weighted by Gasteiger charge is 2.22. The van der Waals surface area contributed by atoms with E-state index in [1.165, 1.54) is 212 Å². The topological polar surface area (TPSA) is 111 Å². The van der Waals surface area contributed by atoms with Gasteiger partial charge in [-0.15, -0.1) is 0 Å². The van der Waals surface area contributed by atoms with E-state index in [0.29, 0.717) is 17.4 Å². The summed E-state index contributed by atoms with van der Waals surface area (Å²) in [5.74, 6) is -0.827. The van der Waals surface area contributed by atoms with Gasteiger partial charge in [0.15, 0.2) is 6.10 Å². The first-order valence-corrected chi connectivity index (χ1v) is 30.9. The maximum absolute atomic E-state index is 12.7. The van der Waals surface area contributed by atoms with Crippen LogP contribution in [-0.2, 0) is 32.7 Å². The minimum absolute atomic E-state index is 0.0289. The fourth-order valence-electron chi connectivity index (χ4n) is 8.71. The summed E-state index contributed by atoms with van der Waals surface area (Å²) in [6.45, 7) is 4.27. The maximum Gasteiger partial charge on any atom is 0.306 e. The van der Waals surface area contributed by atoms with Crippen molar-refractivity contribution in [1.82, 2.24) is 0 Å². The lowest BCUT2D eigenvalue weighted by molar-refractivity contribution is -0.870. The summed E-state index contributed by atoms with van der Waals surface area (Å²) in [6.07, 6.45) is 58.5. The van der Waals surface area contributed by atoms with Crippen molar-refractivity contribution < 1.29 is 42.1 Å². The Labute approximate surface area is 422 Å². The van der Waals surface area contributed by atoms with Crippen LogP contribution < -0.4 is 4.89 Å². The Kier molecular flexibility index (Phi) is 49.8. The number of esters is 2. The zero-order valence-corrected chi connectivity index (χ0v) is 46.7. The Bertz CT molecular complexity index is 1160. The van der Waals surface area contributed by atoms with Crippen LogP contribution in [0, 0.1) is 0 Å². The molecule has 0 spiro atoms. The molecule has 0 saturated carbocycles. The third kappa shape index (κ3) is 54.1. The van der Waals surface area contributed by atoms with E-state index in [1.807, 2.05) is 21.1 Å². The molecule has 0 radical (unpaired) electrons. The van der Waals surface area contributed by atoms with E-state index < -0.39 is 26.5 Å². The van der Waals surface area contributed by atoms with Crippen molar-refractivity contribution in [1.29, 1.82) is 0 Å². The van der Waals surface area contributed by atoms with Crippen molar-refractivity contribution in [3.63, 3.8) is 0 Å². The lowest BCUT2D eigenvalue weighted by atomic mass is 10.0. The minimum Gasteiger partial charge on any atom is -0.756 e. The summed E-state index contributed by atoms with van der Waals surface area (Å²) in [5.41, 5.74) is 0. The Morgan fingerprint density at radius 2 is 0.750 bits per heavy atom. The standard InChI is InChI=1S/C58H114NO8P/c1-6-8-10-12-14-16-18-20-22-23-24-25-26-27-28-29-30-31-32-33-34-35-36-37-39-40-42-44-46-48-50-57(60)64-54-56(55-66-68(62,63)65-53-52-59(3,4)5)67-58(61)51-49-47-45-43-41-38-21-19-17-15-13-11-9-7-2/h19,21,56H,6-18,20,22-55H2,1-5H3/b21-19-. The van der Waals surface area contributed by atoms with Crippen LogP contribution in [0.4, 0.5) is 0 Å². The third-order valence-electron chi connectivity index (χ3n) is 13.3. The second kappa shape index (κ2) is 50.7. The van der Waals surface area contributed by atoms with Crippen LogP contribution in [-0.4, -0.2) is 70.0 Å². The van der Waals surface area contributed by atoms with Crippen molar-refractivity contribution in [3.8, 4) is 0 Å². The Morgan fingerprint density at radius 1 is 0.441 bits per heavy atom. The predicted molar refractivity (Wildman–Crippen MR) is 287 cm³/mol. The van der Waals surface area contributed by atoms with Gasteiger partial charge >= 0.3 is 11.9 Å². The molecule has 0 aromatic carbocycles. The number of carbonyl (C=O) groups is 2. The lowest BCUT2D eigenvalue weighted by Crippen LogP contribution is -2.37. The first-order valence-electron chi connectivity index (χ1n) is 29.4. The van der Waals surface area contributed by atoms with Crippen LogP contribution in [0.1, 0.15) is 296 Å². The van der Waals surface area contributed by atoms with E-state index in [-0.39, 0.29) is 32.0 Å². The van der Waals surface area contributed by atoms with E-state index in [4.69, 9.17) is 18.5 Å². The van der Waals surface area contributed by atoms with Crippen molar-refractivity contribution in [2.24, 2.45) is 0 Å². The molecule has 0 aliphatic heterocycles. The van der Waals surface area contributed by atoms with Crippen LogP contribution >= 0.6 is 7.82 Å². The van der Waals surface area contributed by atoms with Crippen LogP contribution in [0.2, 0.25) is 0 Å². The first-order chi connectivity index (χ1) is 33.0. The number of hydrogen-bond donors (Lipinski definition) is 0. The highest BCUT2D eigenvalue weighted by atomic mass is 31.2. The zero-order chi connectivity index (χ0) is 49.9. The summed E-state index contributed by atoms with van der Waals surface area (Å²) in [4.78, 5) is 37.8. The SMILES string of the molecule is CCCCCCC/C=C\CCCCCCCC(=O)OC(COC(=O)CCCCCCCCCCCCCCCCCCCCCCCCCCCCCCCC)COP(=O)([O-])OCC[N+](C)(C)C. The van der Waals surface area contributed by atoms with Crippen molar-refractivity contribution >= 4 is 19.8 Å². The number of quaternary nitrogens is 1. The number of allylic oxidation sites excluding steroid dienone is 2. The second-order valence-electron chi connectivity index (χ2n) is 21.4. The molecule has 0 aliphatic carbocycles. The molecule has 0 saturated heterocycles. The number of carbonyl (C=O) groups excluding carboxylic acids is 2. The summed E-state index contributed by atoms with van der Waals surface area (Å²) < 4.78 is 34.1. The number of rotatable bonds is 55. The molecule has 0 aliphatic rings. The van der Waals surface area contributed by atoms with E-state index in [1.54, 1.807) is 0 Å². The second-order valence-corrected chi connectivity index (χ2v) is 22.8. The molecular formula is C58H114NO8P. The van der Waals surface area contributed by atoms with Crippen molar-refractivity contribution in [3.05, 3.63) is 12.2 Å². The highest BCUT2D eigenvalue weighted by Crippen LogP contribution is 2.38. The highest BCUT2D eigenvalue weighted by molar-refractivity contribution is 7.45. The van der Waals surface area contributed by atoms with Gasteiger partial charge in [-0.05, 0) is 38.5 Å². The zero-order valence-electron chi connectivity index (χ0n) is 45.8. The van der Waals surface area contributed by atoms with Crippen molar-refractivity contribution in [2.45, 2.75) is 302 Å². The number of hydrogen-bond acceptors (Lipinski definition) is 8. The first kappa shape index (κ1) is 66.8. The molecule has 2 atom stereocenters. The van der Waals surface area contributed by atoms with Gasteiger partial charge in [0.25, 0.3) is 7.82 Å². The molecule has 0 amide bonds. The summed E-state index contributed by atoms with van der Waals surface area (Å²) in [7, 11) is 1.18. The summed E-state index contributed by atoms with van der Waals surface area (Å²) in [5, 5.41) is 0. The number of unbranched alkanes of at least 4 members (excludes halogenated alkanes) is 39. The van der Waals surface area contributed by atoms with Gasteiger partial charge < -0.3 is 27.9 Å². The summed E-state index contributed by atoms with van der Waals surface area (Å²) >= 11 is 0. The average molecular weight is 985 g/mol. The normalized spacial score (nSPS) is 13.3.